The van der Waals surface area contributed by atoms with Crippen molar-refractivity contribution in [2.75, 3.05) is 25.9 Å². The van der Waals surface area contributed by atoms with Gasteiger partial charge in [0.05, 0.1) is 6.54 Å². The van der Waals surface area contributed by atoms with Crippen LogP contribution in [0, 0.1) is 6.92 Å². The third kappa shape index (κ3) is 3.48. The lowest BCUT2D eigenvalue weighted by Crippen LogP contribution is -2.31. The van der Waals surface area contributed by atoms with Crippen LogP contribution in [-0.2, 0) is 0 Å². The number of carbonyl (C=O) groups is 1. The molecule has 1 amide bonds. The third-order valence-corrected chi connectivity index (χ3v) is 3.54. The van der Waals surface area contributed by atoms with Crippen molar-refractivity contribution in [1.29, 1.82) is 0 Å². The minimum atomic E-state index is -0.147. The standard InChI is InChI=1S/C14H17N3O2S/c1-10-5-3-4-6-12(10)19-8-7-17(2)13(18)11-9-20-14(15)16-11/h3-6,9H,7-8H2,1-2H3,(H2,15,16). The highest BCUT2D eigenvalue weighted by molar-refractivity contribution is 7.13. The van der Waals surface area contributed by atoms with Crippen LogP contribution in [0.4, 0.5) is 5.13 Å². The van der Waals surface area contributed by atoms with Crippen molar-refractivity contribution in [3.63, 3.8) is 0 Å². The highest BCUT2D eigenvalue weighted by Crippen LogP contribution is 2.16. The molecular weight excluding hydrogens is 274 g/mol. The Morgan fingerprint density at radius 3 is 2.85 bits per heavy atom. The molecule has 1 aromatic carbocycles. The van der Waals surface area contributed by atoms with Gasteiger partial charge in [0.2, 0.25) is 0 Å². The van der Waals surface area contributed by atoms with Gasteiger partial charge in [-0.05, 0) is 18.6 Å². The maximum absolute atomic E-state index is 12.0. The van der Waals surface area contributed by atoms with Crippen LogP contribution in [0.15, 0.2) is 29.6 Å². The van der Waals surface area contributed by atoms with Gasteiger partial charge in [-0.25, -0.2) is 4.98 Å². The average molecular weight is 291 g/mol. The van der Waals surface area contributed by atoms with Crippen LogP contribution >= 0.6 is 11.3 Å². The zero-order chi connectivity index (χ0) is 14.5. The first kappa shape index (κ1) is 14.3. The number of rotatable bonds is 5. The molecular formula is C14H17N3O2S. The van der Waals surface area contributed by atoms with E-state index < -0.39 is 0 Å². The monoisotopic (exact) mass is 291 g/mol. The summed E-state index contributed by atoms with van der Waals surface area (Å²) in [6.07, 6.45) is 0. The van der Waals surface area contributed by atoms with Crippen LogP contribution in [0.25, 0.3) is 0 Å². The molecule has 106 valence electrons. The molecule has 6 heteroatoms. The zero-order valence-electron chi connectivity index (χ0n) is 11.5. The van der Waals surface area contributed by atoms with Gasteiger partial charge in [0.15, 0.2) is 5.13 Å². The van der Waals surface area contributed by atoms with Crippen LogP contribution < -0.4 is 10.5 Å². The van der Waals surface area contributed by atoms with Gasteiger partial charge in [0.1, 0.15) is 18.1 Å². The Bertz CT molecular complexity index is 598. The molecule has 0 unspecified atom stereocenters. The molecule has 0 fully saturated rings. The number of thiazole rings is 1. The Hall–Kier alpha value is -2.08. The second-order valence-corrected chi connectivity index (χ2v) is 5.30. The molecule has 0 spiro atoms. The minimum Gasteiger partial charge on any atom is -0.491 e. The van der Waals surface area contributed by atoms with Gasteiger partial charge >= 0.3 is 0 Å². The van der Waals surface area contributed by atoms with E-state index in [0.29, 0.717) is 24.0 Å². The maximum Gasteiger partial charge on any atom is 0.273 e. The molecule has 0 saturated heterocycles. The fraction of sp³-hybridized carbons (Fsp3) is 0.286. The molecule has 2 aromatic rings. The number of para-hydroxylation sites is 1. The summed E-state index contributed by atoms with van der Waals surface area (Å²) in [7, 11) is 1.72. The number of hydrogen-bond acceptors (Lipinski definition) is 5. The van der Waals surface area contributed by atoms with Gasteiger partial charge in [-0.1, -0.05) is 18.2 Å². The maximum atomic E-state index is 12.0. The van der Waals surface area contributed by atoms with Gasteiger partial charge < -0.3 is 15.4 Å². The molecule has 5 nitrogen and oxygen atoms in total. The van der Waals surface area contributed by atoms with E-state index in [1.807, 2.05) is 31.2 Å². The summed E-state index contributed by atoms with van der Waals surface area (Å²) in [4.78, 5) is 17.6. The Balaban J connectivity index is 1.85. The molecule has 2 rings (SSSR count). The zero-order valence-corrected chi connectivity index (χ0v) is 12.3. The third-order valence-electron chi connectivity index (χ3n) is 2.87. The number of hydrogen-bond donors (Lipinski definition) is 1. The number of carbonyl (C=O) groups excluding carboxylic acids is 1. The highest BCUT2D eigenvalue weighted by atomic mass is 32.1. The van der Waals surface area contributed by atoms with E-state index in [2.05, 4.69) is 4.98 Å². The van der Waals surface area contributed by atoms with Crippen LogP contribution in [0.5, 0.6) is 5.75 Å². The van der Waals surface area contributed by atoms with Gasteiger partial charge in [-0.2, -0.15) is 0 Å². The van der Waals surface area contributed by atoms with Crippen LogP contribution in [0.1, 0.15) is 16.1 Å². The molecule has 0 bridgehead atoms. The molecule has 0 saturated carbocycles. The summed E-state index contributed by atoms with van der Waals surface area (Å²) < 4.78 is 5.66. The first-order valence-corrected chi connectivity index (χ1v) is 7.11. The number of benzene rings is 1. The second kappa shape index (κ2) is 6.38. The van der Waals surface area contributed by atoms with Crippen LogP contribution in [0.2, 0.25) is 0 Å². The second-order valence-electron chi connectivity index (χ2n) is 4.41. The SMILES string of the molecule is Cc1ccccc1OCCN(C)C(=O)c1csc(N)n1. The summed E-state index contributed by atoms with van der Waals surface area (Å²) in [6.45, 7) is 2.92. The number of likely N-dealkylation sites (N-methyl/N-ethyl adjacent to an activating group) is 1. The van der Waals surface area contributed by atoms with E-state index in [1.54, 1.807) is 17.3 Å². The van der Waals surface area contributed by atoms with E-state index in [4.69, 9.17) is 10.5 Å². The lowest BCUT2D eigenvalue weighted by Gasteiger charge is -2.16. The molecule has 0 aliphatic rings. The number of nitrogens with zero attached hydrogens (tertiary/aromatic N) is 2. The average Bonchev–Trinajstić information content (AvgIpc) is 2.86. The molecule has 1 heterocycles. The van der Waals surface area contributed by atoms with Crippen LogP contribution in [0.3, 0.4) is 0 Å². The Kier molecular flexibility index (Phi) is 4.57. The largest absolute Gasteiger partial charge is 0.491 e. The minimum absolute atomic E-state index is 0.147. The normalized spacial score (nSPS) is 10.3. The van der Waals surface area contributed by atoms with E-state index in [-0.39, 0.29) is 5.91 Å². The van der Waals surface area contributed by atoms with Gasteiger partial charge in [-0.15, -0.1) is 11.3 Å². The summed E-state index contributed by atoms with van der Waals surface area (Å²) in [6, 6.07) is 7.79. The molecule has 0 atom stereocenters. The number of ether oxygens (including phenoxy) is 1. The van der Waals surface area contributed by atoms with E-state index >= 15 is 0 Å². The molecule has 20 heavy (non-hydrogen) atoms. The van der Waals surface area contributed by atoms with Crippen LogP contribution in [-0.4, -0.2) is 36.0 Å². The Morgan fingerprint density at radius 1 is 1.45 bits per heavy atom. The van der Waals surface area contributed by atoms with Gasteiger partial charge in [-0.3, -0.25) is 4.79 Å². The van der Waals surface area contributed by atoms with Crippen molar-refractivity contribution < 1.29 is 9.53 Å². The van der Waals surface area contributed by atoms with Gasteiger partial charge in [0.25, 0.3) is 5.91 Å². The Morgan fingerprint density at radius 2 is 2.20 bits per heavy atom. The fourth-order valence-corrected chi connectivity index (χ4v) is 2.23. The lowest BCUT2D eigenvalue weighted by atomic mass is 10.2. The first-order chi connectivity index (χ1) is 9.58. The molecule has 1 aromatic heterocycles. The lowest BCUT2D eigenvalue weighted by molar-refractivity contribution is 0.0769. The first-order valence-electron chi connectivity index (χ1n) is 6.23. The van der Waals surface area contributed by atoms with Crippen molar-refractivity contribution in [3.05, 3.63) is 40.9 Å². The number of nitrogens with two attached hydrogens (primary N) is 1. The molecule has 0 aliphatic carbocycles. The number of amides is 1. The summed E-state index contributed by atoms with van der Waals surface area (Å²) in [5, 5.41) is 2.06. The quantitative estimate of drug-likeness (QED) is 0.917. The number of anilines is 1. The highest BCUT2D eigenvalue weighted by Gasteiger charge is 2.14. The van der Waals surface area contributed by atoms with E-state index in [0.717, 1.165) is 11.3 Å². The van der Waals surface area contributed by atoms with Crippen molar-refractivity contribution in [3.8, 4) is 5.75 Å². The summed E-state index contributed by atoms with van der Waals surface area (Å²) in [5.74, 6) is 0.692. The molecule has 2 N–H and O–H groups in total. The number of nitrogen functional groups attached to an aromatic ring is 1. The number of aromatic nitrogens is 1. The fourth-order valence-electron chi connectivity index (χ4n) is 1.69. The number of aryl methyl sites for hydroxylation is 1. The Labute approximate surface area is 122 Å². The molecule has 0 aliphatic heterocycles. The van der Waals surface area contributed by atoms with E-state index in [1.165, 1.54) is 11.3 Å². The predicted octanol–water partition coefficient (Wildman–Crippen LogP) is 2.18. The van der Waals surface area contributed by atoms with Gasteiger partial charge in [0, 0.05) is 12.4 Å². The predicted molar refractivity (Wildman–Crippen MR) is 80.2 cm³/mol. The molecule has 0 radical (unpaired) electrons. The van der Waals surface area contributed by atoms with Crippen molar-refractivity contribution in [2.45, 2.75) is 6.92 Å². The van der Waals surface area contributed by atoms with Crippen molar-refractivity contribution in [2.24, 2.45) is 0 Å². The van der Waals surface area contributed by atoms with Crippen molar-refractivity contribution in [1.82, 2.24) is 9.88 Å². The van der Waals surface area contributed by atoms with Crippen molar-refractivity contribution >= 4 is 22.4 Å². The summed E-state index contributed by atoms with van der Waals surface area (Å²) in [5.41, 5.74) is 6.98. The topological polar surface area (TPSA) is 68.5 Å². The van der Waals surface area contributed by atoms with E-state index in [9.17, 15) is 4.79 Å². The smallest absolute Gasteiger partial charge is 0.273 e. The summed E-state index contributed by atoms with van der Waals surface area (Å²) >= 11 is 1.26.